The zero-order valence-electron chi connectivity index (χ0n) is 10.8. The van der Waals surface area contributed by atoms with Crippen molar-refractivity contribution in [1.29, 1.82) is 0 Å². The average molecular weight is 244 g/mol. The van der Waals surface area contributed by atoms with E-state index in [0.29, 0.717) is 6.04 Å². The molecule has 0 aromatic carbocycles. The van der Waals surface area contributed by atoms with Crippen molar-refractivity contribution >= 4 is 11.8 Å². The van der Waals surface area contributed by atoms with Gasteiger partial charge in [0.15, 0.2) is 0 Å². The second kappa shape index (κ2) is 9.32. The average Bonchev–Trinajstić information content (AvgIpc) is 2.25. The molecule has 2 N–H and O–H groups in total. The van der Waals surface area contributed by atoms with E-state index in [4.69, 9.17) is 5.73 Å². The Morgan fingerprint density at radius 1 is 1.12 bits per heavy atom. The van der Waals surface area contributed by atoms with Crippen molar-refractivity contribution in [3.05, 3.63) is 0 Å². The van der Waals surface area contributed by atoms with Crippen LogP contribution >= 0.6 is 11.8 Å². The highest BCUT2D eigenvalue weighted by Crippen LogP contribution is 2.15. The minimum atomic E-state index is 0.644. The normalized spacial score (nSPS) is 21.4. The summed E-state index contributed by atoms with van der Waals surface area (Å²) in [7, 11) is 0. The first-order valence-electron chi connectivity index (χ1n) is 6.81. The van der Waals surface area contributed by atoms with E-state index in [1.165, 1.54) is 63.8 Å². The van der Waals surface area contributed by atoms with Crippen LogP contribution in [0.1, 0.15) is 44.9 Å². The zero-order valence-corrected chi connectivity index (χ0v) is 11.6. The van der Waals surface area contributed by atoms with E-state index in [0.717, 1.165) is 6.54 Å². The van der Waals surface area contributed by atoms with E-state index >= 15 is 0 Å². The molecule has 0 saturated carbocycles. The van der Waals surface area contributed by atoms with E-state index in [1.54, 1.807) is 0 Å². The molecule has 0 bridgehead atoms. The summed E-state index contributed by atoms with van der Waals surface area (Å²) in [5, 5.41) is 0. The summed E-state index contributed by atoms with van der Waals surface area (Å²) in [5.74, 6) is 1.28. The quantitative estimate of drug-likeness (QED) is 0.729. The number of hydrogen-bond acceptors (Lipinski definition) is 3. The maximum absolute atomic E-state index is 5.93. The van der Waals surface area contributed by atoms with E-state index in [2.05, 4.69) is 11.2 Å². The topological polar surface area (TPSA) is 29.3 Å². The Hall–Kier alpha value is 0.270. The Bertz CT molecular complexity index is 156. The van der Waals surface area contributed by atoms with Crippen molar-refractivity contribution < 1.29 is 0 Å². The molecule has 0 radical (unpaired) electrons. The van der Waals surface area contributed by atoms with Crippen LogP contribution in [0.3, 0.4) is 0 Å². The number of nitrogens with zero attached hydrogens (tertiary/aromatic N) is 1. The molecule has 0 aromatic heterocycles. The lowest BCUT2D eigenvalue weighted by Crippen LogP contribution is -2.42. The number of rotatable bonds is 6. The van der Waals surface area contributed by atoms with Crippen molar-refractivity contribution in [2.45, 2.75) is 51.0 Å². The van der Waals surface area contributed by atoms with Crippen molar-refractivity contribution in [3.63, 3.8) is 0 Å². The molecule has 1 aliphatic rings. The molecular weight excluding hydrogens is 216 g/mol. The predicted octanol–water partition coefficient (Wildman–Crippen LogP) is 2.72. The third kappa shape index (κ3) is 5.55. The molecule has 0 aliphatic carbocycles. The molecule has 1 aliphatic heterocycles. The third-order valence-corrected chi connectivity index (χ3v) is 4.26. The Morgan fingerprint density at radius 2 is 1.75 bits per heavy atom. The molecule has 16 heavy (non-hydrogen) atoms. The van der Waals surface area contributed by atoms with Crippen molar-refractivity contribution in [3.8, 4) is 0 Å². The summed E-state index contributed by atoms with van der Waals surface area (Å²) in [4.78, 5) is 2.65. The Balaban J connectivity index is 2.29. The van der Waals surface area contributed by atoms with Gasteiger partial charge in [-0.3, -0.25) is 4.90 Å². The van der Waals surface area contributed by atoms with Gasteiger partial charge in [-0.15, -0.1) is 0 Å². The Kier molecular flexibility index (Phi) is 8.34. The first-order chi connectivity index (χ1) is 7.88. The van der Waals surface area contributed by atoms with Gasteiger partial charge in [-0.25, -0.2) is 0 Å². The fourth-order valence-electron chi connectivity index (χ4n) is 2.55. The van der Waals surface area contributed by atoms with Crippen molar-refractivity contribution in [2.75, 3.05) is 31.6 Å². The summed E-state index contributed by atoms with van der Waals surface area (Å²) >= 11 is 1.95. The van der Waals surface area contributed by atoms with Crippen LogP contribution in [0, 0.1) is 0 Å². The second-order valence-electron chi connectivity index (χ2n) is 4.83. The number of likely N-dealkylation sites (tertiary alicyclic amines) is 1. The summed E-state index contributed by atoms with van der Waals surface area (Å²) in [6.07, 6.45) is 11.8. The van der Waals surface area contributed by atoms with Gasteiger partial charge >= 0.3 is 0 Å². The van der Waals surface area contributed by atoms with Gasteiger partial charge in [0, 0.05) is 12.6 Å². The molecule has 3 heteroatoms. The lowest BCUT2D eigenvalue weighted by atomic mass is 10.0. The Morgan fingerprint density at radius 3 is 2.31 bits per heavy atom. The first kappa shape index (κ1) is 14.3. The monoisotopic (exact) mass is 244 g/mol. The molecule has 1 fully saturated rings. The molecular formula is C13H28N2S. The Labute approximate surface area is 105 Å². The largest absolute Gasteiger partial charge is 0.329 e. The van der Waals surface area contributed by atoms with Gasteiger partial charge < -0.3 is 5.73 Å². The van der Waals surface area contributed by atoms with Crippen molar-refractivity contribution in [2.24, 2.45) is 5.73 Å². The maximum atomic E-state index is 5.93. The lowest BCUT2D eigenvalue weighted by molar-refractivity contribution is 0.174. The minimum Gasteiger partial charge on any atom is -0.329 e. The van der Waals surface area contributed by atoms with Crippen LogP contribution < -0.4 is 5.73 Å². The first-order valence-corrected chi connectivity index (χ1v) is 8.21. The van der Waals surface area contributed by atoms with Crippen LogP contribution in [0.4, 0.5) is 0 Å². The molecule has 1 atom stereocenters. The van der Waals surface area contributed by atoms with Crippen LogP contribution in [0.5, 0.6) is 0 Å². The highest BCUT2D eigenvalue weighted by molar-refractivity contribution is 7.98. The standard InChI is InChI=1S/C13H28N2S/c1-16-11-7-8-13(12-14)15-9-5-3-2-4-6-10-15/h13H,2-12,14H2,1H3. The van der Waals surface area contributed by atoms with E-state index in [9.17, 15) is 0 Å². The second-order valence-corrected chi connectivity index (χ2v) is 5.81. The van der Waals surface area contributed by atoms with Crippen molar-refractivity contribution in [1.82, 2.24) is 4.90 Å². The zero-order chi connectivity index (χ0) is 11.6. The van der Waals surface area contributed by atoms with E-state index in [1.807, 2.05) is 11.8 Å². The summed E-state index contributed by atoms with van der Waals surface area (Å²) < 4.78 is 0. The number of thioether (sulfide) groups is 1. The predicted molar refractivity (Wildman–Crippen MR) is 75.1 cm³/mol. The SMILES string of the molecule is CSCCCC(CN)N1CCCCCCC1. The van der Waals surface area contributed by atoms with Gasteiger partial charge in [-0.1, -0.05) is 19.3 Å². The molecule has 0 aromatic rings. The summed E-state index contributed by atoms with van der Waals surface area (Å²) in [5.41, 5.74) is 5.93. The van der Waals surface area contributed by atoms with Crippen LogP contribution in [0.2, 0.25) is 0 Å². The summed E-state index contributed by atoms with van der Waals surface area (Å²) in [6, 6.07) is 0.644. The van der Waals surface area contributed by atoms with Crippen LogP contribution in [0.25, 0.3) is 0 Å². The van der Waals surface area contributed by atoms with Crippen LogP contribution in [-0.2, 0) is 0 Å². The molecule has 1 rings (SSSR count). The molecule has 2 nitrogen and oxygen atoms in total. The molecule has 0 spiro atoms. The van der Waals surface area contributed by atoms with Crippen LogP contribution in [-0.4, -0.2) is 42.6 Å². The van der Waals surface area contributed by atoms with E-state index < -0.39 is 0 Å². The van der Waals surface area contributed by atoms with E-state index in [-0.39, 0.29) is 0 Å². The molecule has 0 amide bonds. The lowest BCUT2D eigenvalue weighted by Gasteiger charge is -2.32. The van der Waals surface area contributed by atoms with Gasteiger partial charge in [-0.2, -0.15) is 11.8 Å². The van der Waals surface area contributed by atoms with Gasteiger partial charge in [0.1, 0.15) is 0 Å². The minimum absolute atomic E-state index is 0.644. The number of hydrogen-bond donors (Lipinski definition) is 1. The van der Waals surface area contributed by atoms with Gasteiger partial charge in [0.25, 0.3) is 0 Å². The van der Waals surface area contributed by atoms with Crippen LogP contribution in [0.15, 0.2) is 0 Å². The fourth-order valence-corrected chi connectivity index (χ4v) is 3.01. The fraction of sp³-hybridized carbons (Fsp3) is 1.00. The van der Waals surface area contributed by atoms with Gasteiger partial charge in [-0.05, 0) is 50.8 Å². The smallest absolute Gasteiger partial charge is 0.0218 e. The highest BCUT2D eigenvalue weighted by Gasteiger charge is 2.17. The molecule has 1 unspecified atom stereocenters. The third-order valence-electron chi connectivity index (χ3n) is 3.56. The molecule has 1 saturated heterocycles. The van der Waals surface area contributed by atoms with Gasteiger partial charge in [0.2, 0.25) is 0 Å². The maximum Gasteiger partial charge on any atom is 0.0218 e. The van der Waals surface area contributed by atoms with Gasteiger partial charge in [0.05, 0.1) is 0 Å². The number of nitrogens with two attached hydrogens (primary N) is 1. The summed E-state index contributed by atoms with van der Waals surface area (Å²) in [6.45, 7) is 3.40. The molecule has 96 valence electrons. The molecule has 1 heterocycles. The highest BCUT2D eigenvalue weighted by atomic mass is 32.2.